The predicted octanol–water partition coefficient (Wildman–Crippen LogP) is 2.85. The molecule has 0 radical (unpaired) electrons. The molecule has 3 rings (SSSR count). The molecule has 1 aliphatic heterocycles. The SMILES string of the molecule is COc1cc(N2C=NC=CC2c2cnc(N)s2)cc(OC)c1OC. The molecule has 0 saturated heterocycles. The summed E-state index contributed by atoms with van der Waals surface area (Å²) in [4.78, 5) is 11.4. The van der Waals surface area contributed by atoms with Crippen LogP contribution in [-0.4, -0.2) is 32.7 Å². The van der Waals surface area contributed by atoms with E-state index in [4.69, 9.17) is 19.9 Å². The van der Waals surface area contributed by atoms with Gasteiger partial charge in [-0.3, -0.25) is 0 Å². The molecule has 126 valence electrons. The van der Waals surface area contributed by atoms with Crippen molar-refractivity contribution in [1.29, 1.82) is 0 Å². The van der Waals surface area contributed by atoms with E-state index in [-0.39, 0.29) is 6.04 Å². The van der Waals surface area contributed by atoms with E-state index in [1.165, 1.54) is 11.3 Å². The number of nitrogen functional groups attached to an aromatic ring is 1. The Morgan fingerprint density at radius 2 is 1.83 bits per heavy atom. The minimum absolute atomic E-state index is 0.0555. The first-order valence-corrected chi connectivity index (χ1v) is 7.99. The highest BCUT2D eigenvalue weighted by molar-refractivity contribution is 7.15. The zero-order valence-corrected chi connectivity index (χ0v) is 14.4. The summed E-state index contributed by atoms with van der Waals surface area (Å²) < 4.78 is 16.2. The first-order valence-electron chi connectivity index (χ1n) is 7.17. The summed E-state index contributed by atoms with van der Waals surface area (Å²) in [6.45, 7) is 0. The van der Waals surface area contributed by atoms with Gasteiger partial charge in [-0.1, -0.05) is 11.3 Å². The van der Waals surface area contributed by atoms with Crippen molar-refractivity contribution in [1.82, 2.24) is 4.98 Å². The molecule has 1 aliphatic rings. The van der Waals surface area contributed by atoms with E-state index in [2.05, 4.69) is 9.98 Å². The fourth-order valence-corrected chi connectivity index (χ4v) is 3.28. The van der Waals surface area contributed by atoms with Gasteiger partial charge in [0.1, 0.15) is 0 Å². The molecule has 0 spiro atoms. The maximum atomic E-state index is 5.77. The standard InChI is InChI=1S/C16H18N4O3S/c1-21-12-6-10(7-13(22-2)15(12)23-3)20-9-18-5-4-11(20)14-8-19-16(17)24-14/h4-9,11H,1-3H3,(H2,17,19). The highest BCUT2D eigenvalue weighted by Crippen LogP contribution is 2.43. The molecule has 1 aromatic carbocycles. The molecule has 1 unspecified atom stereocenters. The molecular formula is C16H18N4O3S. The molecule has 24 heavy (non-hydrogen) atoms. The van der Waals surface area contributed by atoms with Crippen LogP contribution < -0.4 is 24.8 Å². The molecule has 1 atom stereocenters. The van der Waals surface area contributed by atoms with Gasteiger partial charge in [0.2, 0.25) is 5.75 Å². The number of thiazole rings is 1. The Morgan fingerprint density at radius 1 is 1.12 bits per heavy atom. The van der Waals surface area contributed by atoms with Gasteiger partial charge in [0.15, 0.2) is 16.6 Å². The van der Waals surface area contributed by atoms with E-state index in [1.807, 2.05) is 23.1 Å². The first kappa shape index (κ1) is 16.1. The molecule has 0 aliphatic carbocycles. The zero-order valence-electron chi connectivity index (χ0n) is 13.6. The second-order valence-corrected chi connectivity index (χ2v) is 6.04. The lowest BCUT2D eigenvalue weighted by Gasteiger charge is -2.29. The molecule has 1 aromatic heterocycles. The van der Waals surface area contributed by atoms with Crippen LogP contribution in [0.2, 0.25) is 0 Å². The number of aliphatic imine (C=N–C) groups is 1. The van der Waals surface area contributed by atoms with Crippen LogP contribution in [0, 0.1) is 0 Å². The quantitative estimate of drug-likeness (QED) is 0.896. The van der Waals surface area contributed by atoms with Crippen molar-refractivity contribution in [2.24, 2.45) is 4.99 Å². The monoisotopic (exact) mass is 346 g/mol. The molecule has 0 saturated carbocycles. The smallest absolute Gasteiger partial charge is 0.203 e. The fourth-order valence-electron chi connectivity index (χ4n) is 2.52. The lowest BCUT2D eigenvalue weighted by molar-refractivity contribution is 0.324. The minimum Gasteiger partial charge on any atom is -0.493 e. The average molecular weight is 346 g/mol. The minimum atomic E-state index is -0.0555. The number of rotatable bonds is 5. The highest BCUT2D eigenvalue weighted by atomic mass is 32.1. The Morgan fingerprint density at radius 3 is 2.38 bits per heavy atom. The molecule has 7 nitrogen and oxygen atoms in total. The van der Waals surface area contributed by atoms with Crippen LogP contribution in [0.5, 0.6) is 17.2 Å². The van der Waals surface area contributed by atoms with Crippen molar-refractivity contribution < 1.29 is 14.2 Å². The third-order valence-corrected chi connectivity index (χ3v) is 4.52. The fraction of sp³-hybridized carbons (Fsp3) is 0.250. The number of methoxy groups -OCH3 is 3. The van der Waals surface area contributed by atoms with E-state index in [9.17, 15) is 0 Å². The number of nitrogens with two attached hydrogens (primary N) is 1. The number of anilines is 2. The van der Waals surface area contributed by atoms with Gasteiger partial charge in [-0.25, -0.2) is 9.98 Å². The Hall–Kier alpha value is -2.74. The van der Waals surface area contributed by atoms with Gasteiger partial charge >= 0.3 is 0 Å². The van der Waals surface area contributed by atoms with Crippen LogP contribution >= 0.6 is 11.3 Å². The molecule has 8 heteroatoms. The summed E-state index contributed by atoms with van der Waals surface area (Å²) in [5, 5.41) is 0.533. The molecule has 2 N–H and O–H groups in total. The first-order chi connectivity index (χ1) is 11.7. The number of nitrogens with zero attached hydrogens (tertiary/aromatic N) is 3. The summed E-state index contributed by atoms with van der Waals surface area (Å²) in [5.74, 6) is 1.71. The molecule has 2 aromatic rings. The Balaban J connectivity index is 2.05. The topological polar surface area (TPSA) is 82.2 Å². The lowest BCUT2D eigenvalue weighted by Crippen LogP contribution is -2.27. The van der Waals surface area contributed by atoms with Crippen molar-refractivity contribution in [2.45, 2.75) is 6.04 Å². The normalized spacial score (nSPS) is 16.3. The van der Waals surface area contributed by atoms with E-state index in [1.54, 1.807) is 40.1 Å². The van der Waals surface area contributed by atoms with Crippen LogP contribution in [-0.2, 0) is 0 Å². The van der Waals surface area contributed by atoms with Crippen LogP contribution in [0.25, 0.3) is 0 Å². The van der Waals surface area contributed by atoms with Crippen LogP contribution in [0.4, 0.5) is 10.8 Å². The summed E-state index contributed by atoms with van der Waals surface area (Å²) in [5.41, 5.74) is 6.63. The molecule has 0 amide bonds. The second kappa shape index (κ2) is 6.79. The largest absolute Gasteiger partial charge is 0.493 e. The van der Waals surface area contributed by atoms with Crippen LogP contribution in [0.1, 0.15) is 10.9 Å². The van der Waals surface area contributed by atoms with Gasteiger partial charge < -0.3 is 24.8 Å². The van der Waals surface area contributed by atoms with Crippen LogP contribution in [0.3, 0.4) is 0 Å². The zero-order chi connectivity index (χ0) is 17.1. The predicted molar refractivity (Wildman–Crippen MR) is 95.5 cm³/mol. The van der Waals surface area contributed by atoms with Crippen molar-refractivity contribution in [3.8, 4) is 17.2 Å². The third-order valence-electron chi connectivity index (χ3n) is 3.63. The molecular weight excluding hydrogens is 328 g/mol. The number of ether oxygens (including phenoxy) is 3. The average Bonchev–Trinajstić information content (AvgIpc) is 3.06. The summed E-state index contributed by atoms with van der Waals surface area (Å²) >= 11 is 1.45. The van der Waals surface area contributed by atoms with Crippen molar-refractivity contribution in [2.75, 3.05) is 32.0 Å². The number of aromatic nitrogens is 1. The molecule has 2 heterocycles. The van der Waals surface area contributed by atoms with Crippen molar-refractivity contribution >= 4 is 28.5 Å². The van der Waals surface area contributed by atoms with E-state index in [0.29, 0.717) is 22.4 Å². The molecule has 0 bridgehead atoms. The highest BCUT2D eigenvalue weighted by Gasteiger charge is 2.24. The molecule has 0 fully saturated rings. The summed E-state index contributed by atoms with van der Waals surface area (Å²) in [6.07, 6.45) is 7.27. The van der Waals surface area contributed by atoms with E-state index >= 15 is 0 Å². The maximum absolute atomic E-state index is 5.77. The van der Waals surface area contributed by atoms with Gasteiger partial charge in [0.05, 0.1) is 44.3 Å². The Kier molecular flexibility index (Phi) is 4.57. The van der Waals surface area contributed by atoms with Gasteiger partial charge in [-0.05, 0) is 6.08 Å². The maximum Gasteiger partial charge on any atom is 0.203 e. The van der Waals surface area contributed by atoms with Crippen LogP contribution in [0.15, 0.2) is 35.6 Å². The Bertz CT molecular complexity index is 762. The van der Waals surface area contributed by atoms with Gasteiger partial charge in [0, 0.05) is 24.5 Å². The second-order valence-electron chi connectivity index (χ2n) is 4.94. The van der Waals surface area contributed by atoms with Gasteiger partial charge in [-0.2, -0.15) is 0 Å². The summed E-state index contributed by atoms with van der Waals surface area (Å²) in [6, 6.07) is 3.70. The van der Waals surface area contributed by atoms with Gasteiger partial charge in [0.25, 0.3) is 0 Å². The van der Waals surface area contributed by atoms with E-state index < -0.39 is 0 Å². The lowest BCUT2D eigenvalue weighted by atomic mass is 10.1. The van der Waals surface area contributed by atoms with Gasteiger partial charge in [-0.15, -0.1) is 0 Å². The van der Waals surface area contributed by atoms with Crippen molar-refractivity contribution in [3.05, 3.63) is 35.5 Å². The Labute approximate surface area is 144 Å². The number of hydrogen-bond donors (Lipinski definition) is 1. The third kappa shape index (κ3) is 2.88. The number of hydrogen-bond acceptors (Lipinski definition) is 8. The summed E-state index contributed by atoms with van der Waals surface area (Å²) in [7, 11) is 4.76. The number of benzene rings is 1. The van der Waals surface area contributed by atoms with E-state index in [0.717, 1.165) is 10.6 Å². The van der Waals surface area contributed by atoms with Crippen molar-refractivity contribution in [3.63, 3.8) is 0 Å².